The fourth-order valence-corrected chi connectivity index (χ4v) is 1.41. The van der Waals surface area contributed by atoms with Crippen molar-refractivity contribution in [2.75, 3.05) is 20.3 Å². The molecule has 0 saturated carbocycles. The maximum atomic E-state index is 13.2. The van der Waals surface area contributed by atoms with E-state index >= 15 is 0 Å². The van der Waals surface area contributed by atoms with Gasteiger partial charge in [0.05, 0.1) is 12.7 Å². The lowest BCUT2D eigenvalue weighted by molar-refractivity contribution is 0.0594. The lowest BCUT2D eigenvalue weighted by Crippen LogP contribution is -2.23. The molecule has 0 aromatic heterocycles. The molecule has 0 fully saturated rings. The van der Waals surface area contributed by atoms with Gasteiger partial charge in [0, 0.05) is 19.2 Å². The number of aliphatic hydroxyl groups is 1. The van der Waals surface area contributed by atoms with Crippen molar-refractivity contribution in [2.45, 2.75) is 19.1 Å². The number of aliphatic hydroxyl groups excluding tert-OH is 1. The summed E-state index contributed by atoms with van der Waals surface area (Å²) < 4.78 is 18.0. The number of nitrogens with one attached hydrogen (secondary N) is 1. The van der Waals surface area contributed by atoms with Crippen LogP contribution in [0.15, 0.2) is 24.3 Å². The van der Waals surface area contributed by atoms with Crippen LogP contribution in [0.25, 0.3) is 0 Å². The van der Waals surface area contributed by atoms with Crippen LogP contribution < -0.4 is 5.32 Å². The maximum Gasteiger partial charge on any atom is 0.127 e. The molecule has 0 aliphatic carbocycles. The van der Waals surface area contributed by atoms with Crippen molar-refractivity contribution < 1.29 is 14.2 Å². The summed E-state index contributed by atoms with van der Waals surface area (Å²) in [5, 5.41) is 12.4. The summed E-state index contributed by atoms with van der Waals surface area (Å²) >= 11 is 0. The van der Waals surface area contributed by atoms with Crippen LogP contribution in [0.5, 0.6) is 0 Å². The molecule has 1 aromatic carbocycles. The second kappa shape index (κ2) is 7.33. The minimum atomic E-state index is -0.460. The summed E-state index contributed by atoms with van der Waals surface area (Å²) in [6.45, 7) is 1.45. The monoisotopic (exact) mass is 227 g/mol. The van der Waals surface area contributed by atoms with Gasteiger partial charge in [-0.1, -0.05) is 18.2 Å². The molecule has 1 aromatic rings. The molecule has 1 rings (SSSR count). The van der Waals surface area contributed by atoms with Crippen molar-refractivity contribution in [3.8, 4) is 0 Å². The molecule has 0 heterocycles. The third-order valence-corrected chi connectivity index (χ3v) is 2.29. The van der Waals surface area contributed by atoms with Gasteiger partial charge in [-0.25, -0.2) is 4.39 Å². The van der Waals surface area contributed by atoms with Crippen LogP contribution in [0.3, 0.4) is 0 Å². The van der Waals surface area contributed by atoms with Gasteiger partial charge < -0.3 is 15.2 Å². The van der Waals surface area contributed by atoms with E-state index in [9.17, 15) is 9.50 Å². The van der Waals surface area contributed by atoms with E-state index in [1.165, 1.54) is 6.07 Å². The first-order valence-corrected chi connectivity index (χ1v) is 5.35. The van der Waals surface area contributed by atoms with Gasteiger partial charge in [0.1, 0.15) is 5.82 Å². The molecule has 0 aliphatic heterocycles. The fourth-order valence-electron chi connectivity index (χ4n) is 1.41. The van der Waals surface area contributed by atoms with E-state index in [-0.39, 0.29) is 5.82 Å². The third kappa shape index (κ3) is 4.70. The molecule has 0 radical (unpaired) electrons. The predicted molar refractivity (Wildman–Crippen MR) is 60.6 cm³/mol. The Bertz CT molecular complexity index is 307. The Hall–Kier alpha value is -0.970. The summed E-state index contributed by atoms with van der Waals surface area (Å²) in [5.41, 5.74) is 0.642. The summed E-state index contributed by atoms with van der Waals surface area (Å²) in [6, 6.07) is 6.66. The maximum absolute atomic E-state index is 13.2. The second-order valence-electron chi connectivity index (χ2n) is 3.67. The van der Waals surface area contributed by atoms with Gasteiger partial charge in [0.15, 0.2) is 0 Å². The van der Waals surface area contributed by atoms with Crippen LogP contribution in [0, 0.1) is 5.82 Å². The van der Waals surface area contributed by atoms with Gasteiger partial charge in [-0.3, -0.25) is 0 Å². The van der Waals surface area contributed by atoms with E-state index < -0.39 is 6.10 Å². The Morgan fingerprint density at radius 3 is 2.88 bits per heavy atom. The largest absolute Gasteiger partial charge is 0.391 e. The zero-order valence-electron chi connectivity index (χ0n) is 9.45. The molecular weight excluding hydrogens is 209 g/mol. The van der Waals surface area contributed by atoms with E-state index in [1.54, 1.807) is 25.3 Å². The van der Waals surface area contributed by atoms with Crippen molar-refractivity contribution >= 4 is 0 Å². The molecule has 0 bridgehead atoms. The molecule has 0 aliphatic rings. The Balaban J connectivity index is 2.19. The molecule has 16 heavy (non-hydrogen) atoms. The van der Waals surface area contributed by atoms with Crippen LogP contribution in [-0.4, -0.2) is 31.5 Å². The molecule has 3 nitrogen and oxygen atoms in total. The van der Waals surface area contributed by atoms with E-state index in [1.807, 2.05) is 0 Å². The Labute approximate surface area is 95.2 Å². The highest BCUT2D eigenvalue weighted by Gasteiger charge is 2.03. The second-order valence-corrected chi connectivity index (χ2v) is 3.67. The SMILES string of the molecule is COCC(O)CCNCc1ccccc1F. The van der Waals surface area contributed by atoms with Crippen LogP contribution in [0.4, 0.5) is 4.39 Å². The van der Waals surface area contributed by atoms with Gasteiger partial charge >= 0.3 is 0 Å². The van der Waals surface area contributed by atoms with Gasteiger partial charge in [0.2, 0.25) is 0 Å². The number of ether oxygens (including phenoxy) is 1. The van der Waals surface area contributed by atoms with E-state index in [0.717, 1.165) is 0 Å². The number of hydrogen-bond donors (Lipinski definition) is 2. The van der Waals surface area contributed by atoms with Gasteiger partial charge in [0.25, 0.3) is 0 Å². The fraction of sp³-hybridized carbons (Fsp3) is 0.500. The van der Waals surface area contributed by atoms with Crippen LogP contribution in [0.2, 0.25) is 0 Å². The minimum absolute atomic E-state index is 0.201. The van der Waals surface area contributed by atoms with Crippen molar-refractivity contribution in [2.24, 2.45) is 0 Å². The molecular formula is C12H18FNO2. The Morgan fingerprint density at radius 1 is 1.44 bits per heavy atom. The summed E-state index contributed by atoms with van der Waals surface area (Å²) in [7, 11) is 1.55. The highest BCUT2D eigenvalue weighted by atomic mass is 19.1. The summed E-state index contributed by atoms with van der Waals surface area (Å²) in [4.78, 5) is 0. The summed E-state index contributed by atoms with van der Waals surface area (Å²) in [6.07, 6.45) is 0.139. The third-order valence-electron chi connectivity index (χ3n) is 2.29. The quantitative estimate of drug-likeness (QED) is 0.690. The molecule has 0 saturated heterocycles. The molecule has 2 N–H and O–H groups in total. The average molecular weight is 227 g/mol. The van der Waals surface area contributed by atoms with Crippen LogP contribution in [-0.2, 0) is 11.3 Å². The first-order valence-electron chi connectivity index (χ1n) is 5.35. The normalized spacial score (nSPS) is 12.7. The molecule has 0 amide bonds. The number of methoxy groups -OCH3 is 1. The first-order chi connectivity index (χ1) is 7.74. The average Bonchev–Trinajstić information content (AvgIpc) is 2.27. The topological polar surface area (TPSA) is 41.5 Å². The van der Waals surface area contributed by atoms with E-state index in [4.69, 9.17) is 4.74 Å². The lowest BCUT2D eigenvalue weighted by atomic mass is 10.2. The van der Waals surface area contributed by atoms with Crippen LogP contribution in [0.1, 0.15) is 12.0 Å². The smallest absolute Gasteiger partial charge is 0.127 e. The lowest BCUT2D eigenvalue weighted by Gasteiger charge is -2.10. The van der Waals surface area contributed by atoms with Crippen molar-refractivity contribution in [3.05, 3.63) is 35.6 Å². The molecule has 1 atom stereocenters. The zero-order chi connectivity index (χ0) is 11.8. The molecule has 0 spiro atoms. The van der Waals surface area contributed by atoms with E-state index in [2.05, 4.69) is 5.32 Å². The van der Waals surface area contributed by atoms with Gasteiger partial charge in [-0.2, -0.15) is 0 Å². The Morgan fingerprint density at radius 2 is 2.19 bits per heavy atom. The number of hydrogen-bond acceptors (Lipinski definition) is 3. The van der Waals surface area contributed by atoms with E-state index in [0.29, 0.717) is 31.7 Å². The van der Waals surface area contributed by atoms with Crippen LogP contribution >= 0.6 is 0 Å². The van der Waals surface area contributed by atoms with Crippen molar-refractivity contribution in [1.82, 2.24) is 5.32 Å². The highest BCUT2D eigenvalue weighted by molar-refractivity contribution is 5.16. The zero-order valence-corrected chi connectivity index (χ0v) is 9.45. The summed E-state index contributed by atoms with van der Waals surface area (Å²) in [5.74, 6) is -0.201. The number of halogens is 1. The van der Waals surface area contributed by atoms with Crippen molar-refractivity contribution in [1.29, 1.82) is 0 Å². The minimum Gasteiger partial charge on any atom is -0.391 e. The van der Waals surface area contributed by atoms with Gasteiger partial charge in [-0.15, -0.1) is 0 Å². The predicted octanol–water partition coefficient (Wildman–Crippen LogP) is 1.31. The number of benzene rings is 1. The highest BCUT2D eigenvalue weighted by Crippen LogP contribution is 2.05. The Kier molecular flexibility index (Phi) is 6.00. The first kappa shape index (κ1) is 13.1. The standard InChI is InChI=1S/C12H18FNO2/c1-16-9-11(15)6-7-14-8-10-4-2-3-5-12(10)13/h2-5,11,14-15H,6-9H2,1H3. The number of rotatable bonds is 7. The molecule has 1 unspecified atom stereocenters. The van der Waals surface area contributed by atoms with Crippen molar-refractivity contribution in [3.63, 3.8) is 0 Å². The molecule has 90 valence electrons. The van der Waals surface area contributed by atoms with Gasteiger partial charge in [-0.05, 0) is 19.0 Å². The molecule has 4 heteroatoms.